The van der Waals surface area contributed by atoms with Gasteiger partial charge in [0.25, 0.3) is 11.8 Å². The number of carbonyl (C=O) groups excluding carboxylic acids is 2. The van der Waals surface area contributed by atoms with Crippen molar-refractivity contribution in [1.82, 2.24) is 10.2 Å². The highest BCUT2D eigenvalue weighted by molar-refractivity contribution is 6.00. The van der Waals surface area contributed by atoms with Crippen molar-refractivity contribution in [2.75, 3.05) is 26.3 Å². The summed E-state index contributed by atoms with van der Waals surface area (Å²) in [4.78, 5) is 28.3. The zero-order valence-corrected chi connectivity index (χ0v) is 24.1. The highest BCUT2D eigenvalue weighted by atomic mass is 19.1. The number of aliphatic hydroxyl groups is 2. The summed E-state index contributed by atoms with van der Waals surface area (Å²) < 4.78 is 33.2. The second-order valence-electron chi connectivity index (χ2n) is 10.3. The van der Waals surface area contributed by atoms with Crippen molar-refractivity contribution in [2.24, 2.45) is 0 Å². The first-order valence-corrected chi connectivity index (χ1v) is 14.2. The predicted octanol–water partition coefficient (Wildman–Crippen LogP) is 4.81. The van der Waals surface area contributed by atoms with Crippen LogP contribution in [0.2, 0.25) is 0 Å². The fraction of sp³-hybridized carbons (Fsp3) is 0.548. The quantitative estimate of drug-likeness (QED) is 0.241. The fourth-order valence-corrected chi connectivity index (χ4v) is 4.59. The Morgan fingerprint density at radius 1 is 0.900 bits per heavy atom. The van der Waals surface area contributed by atoms with Crippen molar-refractivity contribution < 1.29 is 33.3 Å². The summed E-state index contributed by atoms with van der Waals surface area (Å²) in [5, 5.41) is 24.3. The van der Waals surface area contributed by atoms with E-state index in [1.165, 1.54) is 6.07 Å². The van der Waals surface area contributed by atoms with Gasteiger partial charge in [-0.3, -0.25) is 9.59 Å². The first-order valence-electron chi connectivity index (χ1n) is 14.2. The SMILES string of the molecule is CCCCCOC[C@H](O)[C@H](O)[C@H](Cc1cc(F)cc(F)c1)NC(=O)c1cc(C)cc(C(=O)N(CCC)CCC)c1. The van der Waals surface area contributed by atoms with Crippen molar-refractivity contribution in [3.63, 3.8) is 0 Å². The molecule has 0 radical (unpaired) electrons. The smallest absolute Gasteiger partial charge is 0.253 e. The molecule has 222 valence electrons. The molecular formula is C31H44F2N2O5. The largest absolute Gasteiger partial charge is 0.388 e. The van der Waals surface area contributed by atoms with Gasteiger partial charge in [-0.2, -0.15) is 0 Å². The van der Waals surface area contributed by atoms with Gasteiger partial charge in [-0.1, -0.05) is 33.6 Å². The Hall–Kier alpha value is -2.88. The molecule has 2 amide bonds. The van der Waals surface area contributed by atoms with Gasteiger partial charge in [0.1, 0.15) is 23.8 Å². The summed E-state index contributed by atoms with van der Waals surface area (Å²) in [5.41, 5.74) is 1.47. The number of halogens is 2. The lowest BCUT2D eigenvalue weighted by Crippen LogP contribution is -2.51. The third-order valence-corrected chi connectivity index (χ3v) is 6.54. The highest BCUT2D eigenvalue weighted by Gasteiger charge is 2.29. The zero-order chi connectivity index (χ0) is 29.7. The number of ether oxygens (including phenoxy) is 1. The monoisotopic (exact) mass is 562 g/mol. The molecule has 0 saturated carbocycles. The third-order valence-electron chi connectivity index (χ3n) is 6.54. The number of hydrogen-bond acceptors (Lipinski definition) is 5. The average Bonchev–Trinajstić information content (AvgIpc) is 2.90. The van der Waals surface area contributed by atoms with Gasteiger partial charge in [0.05, 0.1) is 12.6 Å². The van der Waals surface area contributed by atoms with E-state index in [1.807, 2.05) is 13.8 Å². The minimum Gasteiger partial charge on any atom is -0.388 e. The zero-order valence-electron chi connectivity index (χ0n) is 24.1. The van der Waals surface area contributed by atoms with Gasteiger partial charge in [-0.15, -0.1) is 0 Å². The summed E-state index contributed by atoms with van der Waals surface area (Å²) in [7, 11) is 0. The van der Waals surface area contributed by atoms with Crippen LogP contribution in [0.5, 0.6) is 0 Å². The summed E-state index contributed by atoms with van der Waals surface area (Å²) >= 11 is 0. The minimum absolute atomic E-state index is 0.146. The third kappa shape index (κ3) is 10.6. The number of nitrogens with one attached hydrogen (secondary N) is 1. The van der Waals surface area contributed by atoms with Gasteiger partial charge < -0.3 is 25.2 Å². The Balaban J connectivity index is 2.28. The maximum Gasteiger partial charge on any atom is 0.253 e. The van der Waals surface area contributed by atoms with E-state index < -0.39 is 35.8 Å². The number of amides is 2. The van der Waals surface area contributed by atoms with Crippen LogP contribution in [0.4, 0.5) is 8.78 Å². The molecule has 0 aliphatic carbocycles. The summed E-state index contributed by atoms with van der Waals surface area (Å²) in [6, 6.07) is 6.71. The second-order valence-corrected chi connectivity index (χ2v) is 10.3. The van der Waals surface area contributed by atoms with Crippen molar-refractivity contribution in [2.45, 2.75) is 84.5 Å². The Labute approximate surface area is 236 Å². The van der Waals surface area contributed by atoms with E-state index >= 15 is 0 Å². The molecule has 2 aromatic rings. The summed E-state index contributed by atoms with van der Waals surface area (Å²) in [6.45, 7) is 9.26. The van der Waals surface area contributed by atoms with Crippen LogP contribution in [0.25, 0.3) is 0 Å². The molecule has 9 heteroatoms. The molecule has 2 rings (SSSR count). The van der Waals surface area contributed by atoms with Crippen LogP contribution >= 0.6 is 0 Å². The van der Waals surface area contributed by atoms with E-state index in [0.29, 0.717) is 30.8 Å². The second kappa shape index (κ2) is 17.0. The molecule has 7 nitrogen and oxygen atoms in total. The first-order chi connectivity index (χ1) is 19.1. The molecule has 0 bridgehead atoms. The van der Waals surface area contributed by atoms with Crippen LogP contribution in [0.15, 0.2) is 36.4 Å². The fourth-order valence-electron chi connectivity index (χ4n) is 4.59. The van der Waals surface area contributed by atoms with Crippen LogP contribution in [0.1, 0.15) is 84.7 Å². The molecule has 3 N–H and O–H groups in total. The van der Waals surface area contributed by atoms with Crippen molar-refractivity contribution in [1.29, 1.82) is 0 Å². The lowest BCUT2D eigenvalue weighted by molar-refractivity contribution is -0.0511. The van der Waals surface area contributed by atoms with Crippen LogP contribution in [0.3, 0.4) is 0 Å². The number of benzene rings is 2. The molecule has 0 unspecified atom stereocenters. The lowest BCUT2D eigenvalue weighted by atomic mass is 9.96. The molecular weight excluding hydrogens is 518 g/mol. The minimum atomic E-state index is -1.49. The van der Waals surface area contributed by atoms with E-state index in [2.05, 4.69) is 12.2 Å². The standard InChI is InChI=1S/C31H44F2N2O5/c1-5-8-9-12-40-20-28(36)29(37)27(17-22-15-25(32)19-26(33)16-22)34-30(38)23-13-21(4)14-24(18-23)31(39)35(10-6-2)11-7-3/h13-16,18-19,27-29,36-37H,5-12,17,20H2,1-4H3,(H,34,38)/t27-,28-,29+/m0/s1. The van der Waals surface area contributed by atoms with Crippen LogP contribution in [-0.2, 0) is 11.2 Å². The van der Waals surface area contributed by atoms with Gasteiger partial charge in [0.15, 0.2) is 0 Å². The van der Waals surface area contributed by atoms with Crippen LogP contribution in [0, 0.1) is 18.6 Å². The number of aryl methyl sites for hydroxylation is 1. The normalized spacial score (nSPS) is 13.5. The Morgan fingerprint density at radius 3 is 2.12 bits per heavy atom. The van der Waals surface area contributed by atoms with E-state index in [-0.39, 0.29) is 30.1 Å². The maximum absolute atomic E-state index is 13.9. The predicted molar refractivity (Wildman–Crippen MR) is 151 cm³/mol. The van der Waals surface area contributed by atoms with E-state index in [9.17, 15) is 28.6 Å². The van der Waals surface area contributed by atoms with Crippen molar-refractivity contribution >= 4 is 11.8 Å². The number of carbonyl (C=O) groups is 2. The first kappa shape index (κ1) is 33.3. The number of unbranched alkanes of at least 4 members (excludes halogenated alkanes) is 2. The molecule has 0 spiro atoms. The molecule has 0 aliphatic rings. The van der Waals surface area contributed by atoms with Gasteiger partial charge in [0, 0.05) is 36.9 Å². The number of hydrogen-bond donors (Lipinski definition) is 3. The topological polar surface area (TPSA) is 99.1 Å². The van der Waals surface area contributed by atoms with E-state index in [4.69, 9.17) is 4.74 Å². The lowest BCUT2D eigenvalue weighted by Gasteiger charge is -2.28. The summed E-state index contributed by atoms with van der Waals surface area (Å²) in [6.07, 6.45) is 1.41. The maximum atomic E-state index is 13.9. The van der Waals surface area contributed by atoms with Gasteiger partial charge in [-0.25, -0.2) is 8.78 Å². The Bertz CT molecular complexity index is 1070. The Kier molecular flexibility index (Phi) is 14.2. The van der Waals surface area contributed by atoms with Gasteiger partial charge >= 0.3 is 0 Å². The number of aliphatic hydroxyl groups excluding tert-OH is 2. The molecule has 3 atom stereocenters. The summed E-state index contributed by atoms with van der Waals surface area (Å²) in [5.74, 6) is -2.35. The molecule has 0 aromatic heterocycles. The average molecular weight is 563 g/mol. The molecule has 0 aliphatic heterocycles. The Morgan fingerprint density at radius 2 is 1.52 bits per heavy atom. The van der Waals surface area contributed by atoms with Gasteiger partial charge in [-0.05, 0) is 74.1 Å². The molecule has 2 aromatic carbocycles. The number of rotatable bonds is 17. The van der Waals surface area contributed by atoms with Crippen LogP contribution in [-0.4, -0.2) is 71.5 Å². The van der Waals surface area contributed by atoms with Crippen molar-refractivity contribution in [3.8, 4) is 0 Å². The van der Waals surface area contributed by atoms with Crippen LogP contribution < -0.4 is 5.32 Å². The molecule has 40 heavy (non-hydrogen) atoms. The van der Waals surface area contributed by atoms with E-state index in [0.717, 1.165) is 50.3 Å². The molecule has 0 heterocycles. The van der Waals surface area contributed by atoms with Gasteiger partial charge in [0.2, 0.25) is 0 Å². The highest BCUT2D eigenvalue weighted by Crippen LogP contribution is 2.17. The molecule has 0 fully saturated rings. The number of nitrogens with zero attached hydrogens (tertiary/aromatic N) is 1. The molecule has 0 saturated heterocycles. The van der Waals surface area contributed by atoms with E-state index in [1.54, 1.807) is 24.0 Å². The van der Waals surface area contributed by atoms with Crippen molar-refractivity contribution in [3.05, 3.63) is 70.3 Å².